The highest BCUT2D eigenvalue weighted by Crippen LogP contribution is 2.28. The van der Waals surface area contributed by atoms with Crippen LogP contribution in [0.1, 0.15) is 57.8 Å². The van der Waals surface area contributed by atoms with Crippen LogP contribution >= 0.6 is 0 Å². The Balaban J connectivity index is 1.53. The first kappa shape index (κ1) is 19.6. The Hall–Kier alpha value is -2.70. The number of nitrogens with zero attached hydrogens (tertiary/aromatic N) is 3. The second-order valence-electron chi connectivity index (χ2n) is 7.91. The second kappa shape index (κ2) is 7.97. The minimum Gasteiger partial charge on any atom is -0.494 e. The maximum atomic E-state index is 14.0. The number of carbonyl (C=O) groups is 2. The van der Waals surface area contributed by atoms with Crippen molar-refractivity contribution in [1.29, 1.82) is 0 Å². The molecule has 0 spiro atoms. The SMILES string of the molecule is COc1ccc(C(=O)C2CCCN(C(=O)c3c4c(nn3C)CCCC4)C2)cc1F. The third-order valence-electron chi connectivity index (χ3n) is 6.04. The maximum absolute atomic E-state index is 14.0. The van der Waals surface area contributed by atoms with Gasteiger partial charge in [0.05, 0.1) is 12.8 Å². The fourth-order valence-corrected chi connectivity index (χ4v) is 4.53. The Morgan fingerprint density at radius 1 is 1.21 bits per heavy atom. The Bertz CT molecular complexity index is 953. The summed E-state index contributed by atoms with van der Waals surface area (Å²) in [5, 5.41) is 4.54. The number of benzene rings is 1. The topological polar surface area (TPSA) is 64.4 Å². The number of ether oxygens (including phenoxy) is 1. The third kappa shape index (κ3) is 3.66. The van der Waals surface area contributed by atoms with Gasteiger partial charge < -0.3 is 9.64 Å². The first-order chi connectivity index (χ1) is 14.0. The minimum absolute atomic E-state index is 0.0541. The number of ketones is 1. The molecule has 2 aromatic rings. The Morgan fingerprint density at radius 2 is 2.00 bits per heavy atom. The zero-order valence-corrected chi connectivity index (χ0v) is 16.9. The van der Waals surface area contributed by atoms with Crippen molar-refractivity contribution in [1.82, 2.24) is 14.7 Å². The van der Waals surface area contributed by atoms with Crippen molar-refractivity contribution in [3.63, 3.8) is 0 Å². The molecule has 0 radical (unpaired) electrons. The molecule has 1 saturated heterocycles. The molecule has 29 heavy (non-hydrogen) atoms. The molecule has 6 nitrogen and oxygen atoms in total. The summed E-state index contributed by atoms with van der Waals surface area (Å²) in [6.45, 7) is 0.977. The zero-order chi connectivity index (χ0) is 20.5. The van der Waals surface area contributed by atoms with E-state index in [4.69, 9.17) is 4.74 Å². The fourth-order valence-electron chi connectivity index (χ4n) is 4.53. The lowest BCUT2D eigenvalue weighted by Gasteiger charge is -2.32. The van der Waals surface area contributed by atoms with Gasteiger partial charge in [0.2, 0.25) is 0 Å². The Labute approximate surface area is 169 Å². The van der Waals surface area contributed by atoms with Crippen LogP contribution in [0.3, 0.4) is 0 Å². The molecule has 0 saturated carbocycles. The van der Waals surface area contributed by atoms with E-state index >= 15 is 0 Å². The van der Waals surface area contributed by atoms with Gasteiger partial charge in [-0.25, -0.2) is 4.39 Å². The quantitative estimate of drug-likeness (QED) is 0.741. The molecule has 1 aliphatic carbocycles. The number of hydrogen-bond acceptors (Lipinski definition) is 4. The van der Waals surface area contributed by atoms with Crippen LogP contribution in [0.25, 0.3) is 0 Å². The molecule has 1 fully saturated rings. The predicted molar refractivity (Wildman–Crippen MR) is 106 cm³/mol. The molecule has 2 heterocycles. The molecule has 0 N–H and O–H groups in total. The molecule has 4 rings (SSSR count). The van der Waals surface area contributed by atoms with E-state index in [1.54, 1.807) is 15.6 Å². The summed E-state index contributed by atoms with van der Waals surface area (Å²) in [6.07, 6.45) is 5.42. The standard InChI is InChI=1S/C22H26FN3O3/c1-25-20(16-7-3-4-8-18(16)24-25)22(28)26-11-5-6-15(13-26)21(27)14-9-10-19(29-2)17(23)12-14/h9-10,12,15H,3-8,11,13H2,1-2H3. The van der Waals surface area contributed by atoms with E-state index in [0.29, 0.717) is 30.8 Å². The number of amides is 1. The average Bonchev–Trinajstić information content (AvgIpc) is 3.08. The molecular weight excluding hydrogens is 373 g/mol. The Morgan fingerprint density at radius 3 is 2.76 bits per heavy atom. The summed E-state index contributed by atoms with van der Waals surface area (Å²) in [5.74, 6) is -0.950. The van der Waals surface area contributed by atoms with Crippen LogP contribution in [0.15, 0.2) is 18.2 Å². The predicted octanol–water partition coefficient (Wildman–Crippen LogP) is 3.18. The summed E-state index contributed by atoms with van der Waals surface area (Å²) >= 11 is 0. The summed E-state index contributed by atoms with van der Waals surface area (Å²) in [4.78, 5) is 28.0. The van der Waals surface area contributed by atoms with Gasteiger partial charge in [-0.3, -0.25) is 14.3 Å². The van der Waals surface area contributed by atoms with Crippen LogP contribution in [0.4, 0.5) is 4.39 Å². The van der Waals surface area contributed by atoms with Gasteiger partial charge in [0.15, 0.2) is 17.3 Å². The first-order valence-corrected chi connectivity index (χ1v) is 10.2. The zero-order valence-electron chi connectivity index (χ0n) is 16.9. The molecule has 154 valence electrons. The number of carbonyl (C=O) groups excluding carboxylic acids is 2. The van der Waals surface area contributed by atoms with E-state index in [1.807, 2.05) is 7.05 Å². The average molecular weight is 399 g/mol. The van der Waals surface area contributed by atoms with E-state index in [-0.39, 0.29) is 23.4 Å². The van der Waals surface area contributed by atoms with Crippen LogP contribution in [-0.2, 0) is 19.9 Å². The highest BCUT2D eigenvalue weighted by Gasteiger charge is 2.33. The van der Waals surface area contributed by atoms with Crippen LogP contribution in [0.2, 0.25) is 0 Å². The lowest BCUT2D eigenvalue weighted by Crippen LogP contribution is -2.43. The van der Waals surface area contributed by atoms with Crippen LogP contribution in [0, 0.1) is 11.7 Å². The number of fused-ring (bicyclic) bond motifs is 1. The smallest absolute Gasteiger partial charge is 0.272 e. The first-order valence-electron chi connectivity index (χ1n) is 10.2. The van der Waals surface area contributed by atoms with E-state index in [9.17, 15) is 14.0 Å². The van der Waals surface area contributed by atoms with Gasteiger partial charge >= 0.3 is 0 Å². The van der Waals surface area contributed by atoms with E-state index in [0.717, 1.165) is 43.4 Å². The van der Waals surface area contributed by atoms with Crippen molar-refractivity contribution in [2.45, 2.75) is 38.5 Å². The number of likely N-dealkylation sites (tertiary alicyclic amines) is 1. The lowest BCUT2D eigenvalue weighted by molar-refractivity contribution is 0.0627. The fraction of sp³-hybridized carbons (Fsp3) is 0.500. The van der Waals surface area contributed by atoms with Gasteiger partial charge in [0.1, 0.15) is 5.69 Å². The van der Waals surface area contributed by atoms with Gasteiger partial charge in [0.25, 0.3) is 5.91 Å². The van der Waals surface area contributed by atoms with Gasteiger partial charge in [0, 0.05) is 37.2 Å². The van der Waals surface area contributed by atoms with Gasteiger partial charge in [-0.1, -0.05) is 0 Å². The van der Waals surface area contributed by atoms with E-state index in [2.05, 4.69) is 5.10 Å². The summed E-state index contributed by atoms with van der Waals surface area (Å²) < 4.78 is 20.6. The molecule has 2 aliphatic rings. The highest BCUT2D eigenvalue weighted by atomic mass is 19.1. The van der Waals surface area contributed by atoms with Gasteiger partial charge in [-0.05, 0) is 56.7 Å². The molecule has 7 heteroatoms. The molecular formula is C22H26FN3O3. The van der Waals surface area contributed by atoms with E-state index < -0.39 is 5.82 Å². The minimum atomic E-state index is -0.552. The number of aryl methyl sites for hydroxylation is 2. The second-order valence-corrected chi connectivity index (χ2v) is 7.91. The van der Waals surface area contributed by atoms with Gasteiger partial charge in [-0.15, -0.1) is 0 Å². The summed E-state index contributed by atoms with van der Waals surface area (Å²) in [5.41, 5.74) is 3.07. The van der Waals surface area contributed by atoms with Crippen molar-refractivity contribution >= 4 is 11.7 Å². The monoisotopic (exact) mass is 399 g/mol. The van der Waals surface area contributed by atoms with Crippen molar-refractivity contribution in [2.24, 2.45) is 13.0 Å². The number of hydrogen-bond donors (Lipinski definition) is 0. The molecule has 0 bridgehead atoms. The number of aromatic nitrogens is 2. The number of Topliss-reactive ketones (excluding diaryl/α,β-unsaturated/α-hetero) is 1. The highest BCUT2D eigenvalue weighted by molar-refractivity contribution is 5.99. The summed E-state index contributed by atoms with van der Waals surface area (Å²) in [6, 6.07) is 4.28. The van der Waals surface area contributed by atoms with Gasteiger partial charge in [-0.2, -0.15) is 5.10 Å². The molecule has 1 amide bonds. The largest absolute Gasteiger partial charge is 0.494 e. The molecule has 1 aliphatic heterocycles. The number of methoxy groups -OCH3 is 1. The lowest BCUT2D eigenvalue weighted by atomic mass is 9.89. The summed E-state index contributed by atoms with van der Waals surface area (Å²) in [7, 11) is 3.21. The third-order valence-corrected chi connectivity index (χ3v) is 6.04. The molecule has 1 aromatic carbocycles. The molecule has 1 aromatic heterocycles. The molecule has 1 atom stereocenters. The Kier molecular flexibility index (Phi) is 5.39. The maximum Gasteiger partial charge on any atom is 0.272 e. The molecule has 1 unspecified atom stereocenters. The van der Waals surface area contributed by atoms with Crippen LogP contribution in [0.5, 0.6) is 5.75 Å². The number of halogens is 1. The van der Waals surface area contributed by atoms with Crippen molar-refractivity contribution < 1.29 is 18.7 Å². The van der Waals surface area contributed by atoms with E-state index in [1.165, 1.54) is 19.2 Å². The van der Waals surface area contributed by atoms with Crippen LogP contribution < -0.4 is 4.74 Å². The normalized spacial score (nSPS) is 19.0. The van der Waals surface area contributed by atoms with Crippen molar-refractivity contribution in [2.75, 3.05) is 20.2 Å². The number of rotatable bonds is 4. The number of piperidine rings is 1. The van der Waals surface area contributed by atoms with Crippen molar-refractivity contribution in [3.8, 4) is 5.75 Å². The van der Waals surface area contributed by atoms with Crippen LogP contribution in [-0.4, -0.2) is 46.6 Å². The van der Waals surface area contributed by atoms with Crippen molar-refractivity contribution in [3.05, 3.63) is 46.5 Å².